The van der Waals surface area contributed by atoms with Crippen molar-refractivity contribution in [1.82, 2.24) is 10.2 Å². The van der Waals surface area contributed by atoms with Crippen LogP contribution < -0.4 is 5.32 Å². The Balaban J connectivity index is 2.05. The molecule has 0 saturated carbocycles. The lowest BCUT2D eigenvalue weighted by molar-refractivity contribution is -0.138. The fourth-order valence-electron chi connectivity index (χ4n) is 2.66. The Kier molecular flexibility index (Phi) is 5.49. The average Bonchev–Trinajstić information content (AvgIpc) is 2.69. The molecule has 1 aliphatic rings. The first-order valence-corrected chi connectivity index (χ1v) is 7.06. The van der Waals surface area contributed by atoms with E-state index < -0.39 is 5.97 Å². The van der Waals surface area contributed by atoms with Gasteiger partial charge in [-0.2, -0.15) is 0 Å². The van der Waals surface area contributed by atoms with Crippen LogP contribution in [0.3, 0.4) is 0 Å². The zero-order chi connectivity index (χ0) is 14.4. The maximum atomic E-state index is 12.9. The molecule has 110 valence electrons. The highest BCUT2D eigenvalue weighted by Gasteiger charge is 2.22. The summed E-state index contributed by atoms with van der Waals surface area (Å²) >= 11 is 0. The SMILES string of the molecule is O=C(O)CC(Cc1ccc(F)cc1)N1CCCNCC1. The highest BCUT2D eigenvalue weighted by Crippen LogP contribution is 2.14. The van der Waals surface area contributed by atoms with Crippen LogP contribution in [-0.2, 0) is 11.2 Å². The molecule has 0 aromatic heterocycles. The lowest BCUT2D eigenvalue weighted by Crippen LogP contribution is -2.40. The number of aliphatic carboxylic acids is 1. The smallest absolute Gasteiger partial charge is 0.304 e. The van der Waals surface area contributed by atoms with Gasteiger partial charge in [0.1, 0.15) is 5.82 Å². The second-order valence-corrected chi connectivity index (χ2v) is 5.22. The number of carboxylic acids is 1. The van der Waals surface area contributed by atoms with E-state index in [-0.39, 0.29) is 18.3 Å². The number of halogens is 1. The molecule has 0 aliphatic carbocycles. The van der Waals surface area contributed by atoms with Gasteiger partial charge >= 0.3 is 5.97 Å². The first-order valence-electron chi connectivity index (χ1n) is 7.06. The van der Waals surface area contributed by atoms with Crippen LogP contribution in [0.4, 0.5) is 4.39 Å². The summed E-state index contributed by atoms with van der Waals surface area (Å²) in [4.78, 5) is 13.3. The van der Waals surface area contributed by atoms with Gasteiger partial charge in [-0.1, -0.05) is 12.1 Å². The molecule has 1 aliphatic heterocycles. The average molecular weight is 280 g/mol. The molecule has 0 amide bonds. The number of rotatable bonds is 5. The standard InChI is InChI=1S/C15H21FN2O2/c16-13-4-2-12(3-5-13)10-14(11-15(19)20)18-8-1-6-17-7-9-18/h2-5,14,17H,1,6-11H2,(H,19,20). The van der Waals surface area contributed by atoms with Crippen LogP contribution in [0.2, 0.25) is 0 Å². The maximum Gasteiger partial charge on any atom is 0.304 e. The molecule has 1 fully saturated rings. The lowest BCUT2D eigenvalue weighted by atomic mass is 10.0. The number of benzene rings is 1. The molecular weight excluding hydrogens is 259 g/mol. The van der Waals surface area contributed by atoms with Crippen molar-refractivity contribution in [3.63, 3.8) is 0 Å². The predicted octanol–water partition coefficient (Wildman–Crippen LogP) is 1.51. The van der Waals surface area contributed by atoms with Gasteiger partial charge in [0.15, 0.2) is 0 Å². The van der Waals surface area contributed by atoms with E-state index in [1.54, 1.807) is 12.1 Å². The monoisotopic (exact) mass is 280 g/mol. The molecule has 5 heteroatoms. The van der Waals surface area contributed by atoms with Gasteiger partial charge in [0.05, 0.1) is 6.42 Å². The molecule has 0 radical (unpaired) electrons. The molecule has 0 bridgehead atoms. The van der Waals surface area contributed by atoms with E-state index >= 15 is 0 Å². The molecule has 1 aromatic carbocycles. The lowest BCUT2D eigenvalue weighted by Gasteiger charge is -2.29. The quantitative estimate of drug-likeness (QED) is 0.858. The van der Waals surface area contributed by atoms with E-state index in [9.17, 15) is 9.18 Å². The highest BCUT2D eigenvalue weighted by molar-refractivity contribution is 5.67. The molecule has 1 aromatic rings. The van der Waals surface area contributed by atoms with Crippen LogP contribution >= 0.6 is 0 Å². The van der Waals surface area contributed by atoms with Crippen molar-refractivity contribution in [3.05, 3.63) is 35.6 Å². The minimum Gasteiger partial charge on any atom is -0.481 e. The molecule has 1 atom stereocenters. The second-order valence-electron chi connectivity index (χ2n) is 5.22. The van der Waals surface area contributed by atoms with E-state index in [0.29, 0.717) is 6.42 Å². The largest absolute Gasteiger partial charge is 0.481 e. The zero-order valence-corrected chi connectivity index (χ0v) is 11.5. The van der Waals surface area contributed by atoms with Gasteiger partial charge in [0, 0.05) is 19.1 Å². The van der Waals surface area contributed by atoms with Crippen molar-refractivity contribution in [2.24, 2.45) is 0 Å². The van der Waals surface area contributed by atoms with Gasteiger partial charge in [0.25, 0.3) is 0 Å². The minimum absolute atomic E-state index is 0.0298. The van der Waals surface area contributed by atoms with Gasteiger partial charge in [0.2, 0.25) is 0 Å². The number of nitrogens with zero attached hydrogens (tertiary/aromatic N) is 1. The molecule has 1 heterocycles. The Morgan fingerprint density at radius 2 is 2.05 bits per heavy atom. The van der Waals surface area contributed by atoms with Crippen LogP contribution in [0.5, 0.6) is 0 Å². The fraction of sp³-hybridized carbons (Fsp3) is 0.533. The van der Waals surface area contributed by atoms with E-state index in [2.05, 4.69) is 10.2 Å². The zero-order valence-electron chi connectivity index (χ0n) is 11.5. The normalized spacial score (nSPS) is 18.4. The van der Waals surface area contributed by atoms with Gasteiger partial charge in [-0.05, 0) is 43.6 Å². The van der Waals surface area contributed by atoms with Crippen molar-refractivity contribution in [2.75, 3.05) is 26.2 Å². The summed E-state index contributed by atoms with van der Waals surface area (Å²) in [5, 5.41) is 12.4. The Morgan fingerprint density at radius 3 is 2.75 bits per heavy atom. The number of nitrogens with one attached hydrogen (secondary N) is 1. The fourth-order valence-corrected chi connectivity index (χ4v) is 2.66. The number of carbonyl (C=O) groups is 1. The first-order chi connectivity index (χ1) is 9.65. The van der Waals surface area contributed by atoms with Crippen LogP contribution in [0.15, 0.2) is 24.3 Å². The molecule has 1 unspecified atom stereocenters. The van der Waals surface area contributed by atoms with Crippen LogP contribution in [-0.4, -0.2) is 48.2 Å². The highest BCUT2D eigenvalue weighted by atomic mass is 19.1. The third-order valence-electron chi connectivity index (χ3n) is 3.69. The van der Waals surface area contributed by atoms with E-state index in [0.717, 1.165) is 38.2 Å². The third kappa shape index (κ3) is 4.58. The topological polar surface area (TPSA) is 52.6 Å². The van der Waals surface area contributed by atoms with Gasteiger partial charge in [-0.3, -0.25) is 9.69 Å². The van der Waals surface area contributed by atoms with E-state index in [1.165, 1.54) is 12.1 Å². The summed E-state index contributed by atoms with van der Waals surface area (Å²) in [5.74, 6) is -1.04. The number of hydrogen-bond acceptors (Lipinski definition) is 3. The first kappa shape index (κ1) is 14.9. The molecule has 20 heavy (non-hydrogen) atoms. The molecule has 4 nitrogen and oxygen atoms in total. The summed E-state index contributed by atoms with van der Waals surface area (Å²) in [6, 6.07) is 6.30. The summed E-state index contributed by atoms with van der Waals surface area (Å²) < 4.78 is 12.9. The third-order valence-corrected chi connectivity index (χ3v) is 3.69. The summed E-state index contributed by atoms with van der Waals surface area (Å²) in [7, 11) is 0. The van der Waals surface area contributed by atoms with E-state index in [1.807, 2.05) is 0 Å². The Labute approximate surface area is 118 Å². The number of carboxylic acid groups (broad SMARTS) is 1. The van der Waals surface area contributed by atoms with Crippen molar-refractivity contribution in [2.45, 2.75) is 25.3 Å². The van der Waals surface area contributed by atoms with E-state index in [4.69, 9.17) is 5.11 Å². The Bertz CT molecular complexity index is 428. The second kappa shape index (κ2) is 7.36. The summed E-state index contributed by atoms with van der Waals surface area (Å²) in [6.45, 7) is 3.64. The molecule has 2 rings (SSSR count). The van der Waals surface area contributed by atoms with Crippen molar-refractivity contribution < 1.29 is 14.3 Å². The maximum absolute atomic E-state index is 12.9. The van der Waals surface area contributed by atoms with Crippen molar-refractivity contribution in [1.29, 1.82) is 0 Å². The van der Waals surface area contributed by atoms with Crippen molar-refractivity contribution >= 4 is 5.97 Å². The van der Waals surface area contributed by atoms with Crippen molar-refractivity contribution in [3.8, 4) is 0 Å². The number of hydrogen-bond donors (Lipinski definition) is 2. The molecular formula is C15H21FN2O2. The predicted molar refractivity (Wildman–Crippen MR) is 75.2 cm³/mol. The summed E-state index contributed by atoms with van der Waals surface area (Å²) in [6.07, 6.45) is 1.80. The molecule has 1 saturated heterocycles. The molecule has 2 N–H and O–H groups in total. The Hall–Kier alpha value is -1.46. The van der Waals surface area contributed by atoms with Gasteiger partial charge in [-0.25, -0.2) is 4.39 Å². The molecule has 0 spiro atoms. The summed E-state index contributed by atoms with van der Waals surface area (Å²) in [5.41, 5.74) is 0.981. The van der Waals surface area contributed by atoms with Gasteiger partial charge in [-0.15, -0.1) is 0 Å². The van der Waals surface area contributed by atoms with Crippen LogP contribution in [0, 0.1) is 5.82 Å². The Morgan fingerprint density at radius 1 is 1.30 bits per heavy atom. The van der Waals surface area contributed by atoms with Crippen LogP contribution in [0.1, 0.15) is 18.4 Å². The van der Waals surface area contributed by atoms with Gasteiger partial charge < -0.3 is 10.4 Å². The minimum atomic E-state index is -0.783. The van der Waals surface area contributed by atoms with Crippen LogP contribution in [0.25, 0.3) is 0 Å².